The minimum Gasteiger partial charge on any atom is -0.376 e. The van der Waals surface area contributed by atoms with Gasteiger partial charge in [-0.15, -0.1) is 0 Å². The highest BCUT2D eigenvalue weighted by molar-refractivity contribution is 9.10. The maximum atomic E-state index is 6.12. The summed E-state index contributed by atoms with van der Waals surface area (Å²) in [6.45, 7) is 4.34. The number of nitrogens with one attached hydrogen (secondary N) is 1. The van der Waals surface area contributed by atoms with E-state index in [9.17, 15) is 0 Å². The van der Waals surface area contributed by atoms with Crippen LogP contribution >= 0.6 is 27.5 Å². The lowest BCUT2D eigenvalue weighted by Crippen LogP contribution is -2.07. The van der Waals surface area contributed by atoms with Crippen molar-refractivity contribution in [3.63, 3.8) is 0 Å². The topological polar surface area (TPSA) is 24.9 Å². The predicted molar refractivity (Wildman–Crippen MR) is 94.0 cm³/mol. The van der Waals surface area contributed by atoms with E-state index in [1.807, 2.05) is 6.07 Å². The van der Waals surface area contributed by atoms with Gasteiger partial charge in [-0.25, -0.2) is 4.98 Å². The van der Waals surface area contributed by atoms with E-state index in [0.29, 0.717) is 5.15 Å². The maximum absolute atomic E-state index is 6.12. The number of hydrogen-bond donors (Lipinski definition) is 1. The van der Waals surface area contributed by atoms with E-state index in [0.717, 1.165) is 16.6 Å². The molecule has 2 aromatic rings. The number of aryl methyl sites for hydroxylation is 1. The number of rotatable bonds is 6. The standard InChI is InChI=1S/C17H20BrClN2/c1-3-4-5-13-6-8-14(9-7-13)12(2)21-16-10-15(18)11-20-17(16)19/h6-12,21H,3-5H2,1-2H3. The Bertz CT molecular complexity index is 584. The first-order chi connectivity index (χ1) is 10.1. The Labute approximate surface area is 140 Å². The van der Waals surface area contributed by atoms with Crippen molar-refractivity contribution < 1.29 is 0 Å². The van der Waals surface area contributed by atoms with Crippen molar-refractivity contribution in [1.82, 2.24) is 4.98 Å². The van der Waals surface area contributed by atoms with Crippen LogP contribution in [0.2, 0.25) is 5.15 Å². The molecule has 4 heteroatoms. The Morgan fingerprint density at radius 3 is 2.67 bits per heavy atom. The molecule has 1 aromatic carbocycles. The van der Waals surface area contributed by atoms with Gasteiger partial charge < -0.3 is 5.32 Å². The third-order valence-electron chi connectivity index (χ3n) is 3.48. The number of hydrogen-bond acceptors (Lipinski definition) is 2. The highest BCUT2D eigenvalue weighted by atomic mass is 79.9. The Balaban J connectivity index is 2.05. The average Bonchev–Trinajstić information content (AvgIpc) is 2.49. The summed E-state index contributed by atoms with van der Waals surface area (Å²) in [6.07, 6.45) is 5.32. The molecule has 1 N–H and O–H groups in total. The van der Waals surface area contributed by atoms with Crippen LogP contribution in [0.3, 0.4) is 0 Å². The van der Waals surface area contributed by atoms with Crippen molar-refractivity contribution in [3.05, 3.63) is 57.3 Å². The van der Waals surface area contributed by atoms with Crippen LogP contribution in [0.25, 0.3) is 0 Å². The Hall–Kier alpha value is -1.06. The fourth-order valence-corrected chi connectivity index (χ4v) is 2.68. The molecule has 2 nitrogen and oxygen atoms in total. The van der Waals surface area contributed by atoms with Gasteiger partial charge in [-0.1, -0.05) is 49.2 Å². The number of pyridine rings is 1. The fourth-order valence-electron chi connectivity index (χ4n) is 2.19. The molecule has 1 heterocycles. The molecule has 0 radical (unpaired) electrons. The van der Waals surface area contributed by atoms with E-state index in [2.05, 4.69) is 64.3 Å². The highest BCUT2D eigenvalue weighted by Crippen LogP contribution is 2.27. The third-order valence-corrected chi connectivity index (χ3v) is 4.21. The quantitative estimate of drug-likeness (QED) is 0.632. The second kappa shape index (κ2) is 7.81. The van der Waals surface area contributed by atoms with Crippen molar-refractivity contribution in [3.8, 4) is 0 Å². The molecule has 0 amide bonds. The molecule has 1 unspecified atom stereocenters. The molecule has 0 aliphatic heterocycles. The van der Waals surface area contributed by atoms with Gasteiger partial charge in [-0.3, -0.25) is 0 Å². The van der Waals surface area contributed by atoms with Crippen LogP contribution < -0.4 is 5.32 Å². The van der Waals surface area contributed by atoms with Crippen molar-refractivity contribution in [1.29, 1.82) is 0 Å². The van der Waals surface area contributed by atoms with E-state index in [1.165, 1.54) is 24.0 Å². The largest absolute Gasteiger partial charge is 0.376 e. The molecule has 21 heavy (non-hydrogen) atoms. The number of unbranched alkanes of at least 4 members (excludes halogenated alkanes) is 1. The summed E-state index contributed by atoms with van der Waals surface area (Å²) < 4.78 is 0.913. The van der Waals surface area contributed by atoms with Gasteiger partial charge in [0.2, 0.25) is 0 Å². The smallest absolute Gasteiger partial charge is 0.152 e. The van der Waals surface area contributed by atoms with Gasteiger partial charge in [0, 0.05) is 16.7 Å². The first kappa shape index (κ1) is 16.3. The molecular formula is C17H20BrClN2. The first-order valence-electron chi connectivity index (χ1n) is 7.26. The van der Waals surface area contributed by atoms with Crippen LogP contribution in [0, 0.1) is 0 Å². The zero-order chi connectivity index (χ0) is 15.2. The van der Waals surface area contributed by atoms with Crippen LogP contribution in [-0.4, -0.2) is 4.98 Å². The van der Waals surface area contributed by atoms with E-state index < -0.39 is 0 Å². The van der Waals surface area contributed by atoms with Crippen LogP contribution in [-0.2, 0) is 6.42 Å². The Morgan fingerprint density at radius 1 is 1.29 bits per heavy atom. The van der Waals surface area contributed by atoms with Gasteiger partial charge in [-0.05, 0) is 52.9 Å². The number of nitrogens with zero attached hydrogens (tertiary/aromatic N) is 1. The molecule has 0 spiro atoms. The molecule has 0 aliphatic rings. The SMILES string of the molecule is CCCCc1ccc(C(C)Nc2cc(Br)cnc2Cl)cc1. The minimum absolute atomic E-state index is 0.179. The van der Waals surface area contributed by atoms with Crippen molar-refractivity contribution >= 4 is 33.2 Å². The molecule has 2 rings (SSSR count). The molecule has 1 atom stereocenters. The minimum atomic E-state index is 0.179. The van der Waals surface area contributed by atoms with Gasteiger partial charge >= 0.3 is 0 Å². The van der Waals surface area contributed by atoms with Crippen LogP contribution in [0.4, 0.5) is 5.69 Å². The summed E-state index contributed by atoms with van der Waals surface area (Å²) in [6, 6.07) is 10.9. The van der Waals surface area contributed by atoms with Gasteiger partial charge in [0.25, 0.3) is 0 Å². The fraction of sp³-hybridized carbons (Fsp3) is 0.353. The summed E-state index contributed by atoms with van der Waals surface area (Å²) in [5.41, 5.74) is 3.48. The van der Waals surface area contributed by atoms with E-state index in [1.54, 1.807) is 6.20 Å². The molecule has 0 aliphatic carbocycles. The zero-order valence-electron chi connectivity index (χ0n) is 12.4. The second-order valence-corrected chi connectivity index (χ2v) is 6.48. The van der Waals surface area contributed by atoms with Gasteiger partial charge in [0.05, 0.1) is 5.69 Å². The van der Waals surface area contributed by atoms with Crippen LogP contribution in [0.1, 0.15) is 43.9 Å². The zero-order valence-corrected chi connectivity index (χ0v) is 14.7. The maximum Gasteiger partial charge on any atom is 0.152 e. The number of anilines is 1. The molecule has 0 saturated heterocycles. The normalized spacial score (nSPS) is 12.2. The van der Waals surface area contributed by atoms with Gasteiger partial charge in [0.15, 0.2) is 5.15 Å². The summed E-state index contributed by atoms with van der Waals surface area (Å²) in [4.78, 5) is 4.13. The Morgan fingerprint density at radius 2 is 2.00 bits per heavy atom. The molecule has 0 bridgehead atoms. The molecule has 0 fully saturated rings. The van der Waals surface area contributed by atoms with Crippen molar-refractivity contribution in [2.45, 2.75) is 39.2 Å². The average molecular weight is 368 g/mol. The van der Waals surface area contributed by atoms with E-state index in [4.69, 9.17) is 11.6 Å². The van der Waals surface area contributed by atoms with E-state index in [-0.39, 0.29) is 6.04 Å². The first-order valence-corrected chi connectivity index (χ1v) is 8.43. The summed E-state index contributed by atoms with van der Waals surface area (Å²) in [7, 11) is 0. The van der Waals surface area contributed by atoms with E-state index >= 15 is 0 Å². The second-order valence-electron chi connectivity index (χ2n) is 5.20. The van der Waals surface area contributed by atoms with Gasteiger partial charge in [-0.2, -0.15) is 0 Å². The van der Waals surface area contributed by atoms with Gasteiger partial charge in [0.1, 0.15) is 0 Å². The number of benzene rings is 1. The summed E-state index contributed by atoms with van der Waals surface area (Å²) in [5.74, 6) is 0. The third kappa shape index (κ3) is 4.72. The molecule has 112 valence electrons. The number of aromatic nitrogens is 1. The lowest BCUT2D eigenvalue weighted by atomic mass is 10.0. The molecule has 0 saturated carbocycles. The summed E-state index contributed by atoms with van der Waals surface area (Å²) >= 11 is 9.53. The lowest BCUT2D eigenvalue weighted by Gasteiger charge is -2.17. The van der Waals surface area contributed by atoms with Crippen molar-refractivity contribution in [2.75, 3.05) is 5.32 Å². The lowest BCUT2D eigenvalue weighted by molar-refractivity contribution is 0.793. The van der Waals surface area contributed by atoms with Crippen LogP contribution in [0.15, 0.2) is 41.0 Å². The Kier molecular flexibility index (Phi) is 6.07. The highest BCUT2D eigenvalue weighted by Gasteiger charge is 2.09. The van der Waals surface area contributed by atoms with Crippen LogP contribution in [0.5, 0.6) is 0 Å². The van der Waals surface area contributed by atoms with Crippen molar-refractivity contribution in [2.24, 2.45) is 0 Å². The molecule has 1 aromatic heterocycles. The molecular weight excluding hydrogens is 348 g/mol. The summed E-state index contributed by atoms with van der Waals surface area (Å²) in [5, 5.41) is 3.90. The monoisotopic (exact) mass is 366 g/mol. The number of halogens is 2. The predicted octanol–water partition coefficient (Wildman–Crippen LogP) is 6.01.